The molecule has 0 aliphatic rings. The van der Waals surface area contributed by atoms with Crippen molar-refractivity contribution < 1.29 is 19.4 Å². The van der Waals surface area contributed by atoms with E-state index in [-0.39, 0.29) is 29.0 Å². The van der Waals surface area contributed by atoms with Crippen molar-refractivity contribution in [2.75, 3.05) is 13.2 Å². The molecule has 0 aliphatic heterocycles. The molecular weight excluding hydrogens is 293 g/mol. The minimum atomic E-state index is -1.22. The van der Waals surface area contributed by atoms with E-state index in [4.69, 9.17) is 43.5 Å². The number of ether oxygens (including phenoxy) is 2. The van der Waals surface area contributed by atoms with Gasteiger partial charge in [-0.25, -0.2) is 0 Å². The van der Waals surface area contributed by atoms with Crippen molar-refractivity contribution in [2.24, 2.45) is 5.73 Å². The van der Waals surface area contributed by atoms with Crippen LogP contribution in [0.1, 0.15) is 13.8 Å². The van der Waals surface area contributed by atoms with E-state index in [1.54, 1.807) is 0 Å². The predicted molar refractivity (Wildman–Crippen MR) is 72.9 cm³/mol. The van der Waals surface area contributed by atoms with Crippen molar-refractivity contribution in [3.05, 3.63) is 22.2 Å². The van der Waals surface area contributed by atoms with Crippen molar-refractivity contribution in [3.8, 4) is 11.5 Å². The van der Waals surface area contributed by atoms with Gasteiger partial charge >= 0.3 is 0 Å². The molecule has 3 N–H and O–H groups in total. The molecule has 1 aromatic carbocycles. The first-order valence-corrected chi connectivity index (χ1v) is 6.25. The molecule has 0 spiro atoms. The molecule has 0 atom stereocenters. The summed E-state index contributed by atoms with van der Waals surface area (Å²) in [7, 11) is 0. The Balaban J connectivity index is 3.04. The van der Waals surface area contributed by atoms with Gasteiger partial charge in [0.1, 0.15) is 18.1 Å². The van der Waals surface area contributed by atoms with Gasteiger partial charge in [-0.1, -0.05) is 23.2 Å². The first-order chi connectivity index (χ1) is 8.77. The molecule has 0 aliphatic carbocycles. The molecule has 0 saturated heterocycles. The normalized spacial score (nSPS) is 11.2. The minimum absolute atomic E-state index is 0.0833. The van der Waals surface area contributed by atoms with Gasteiger partial charge < -0.3 is 20.3 Å². The van der Waals surface area contributed by atoms with E-state index >= 15 is 0 Å². The van der Waals surface area contributed by atoms with Gasteiger partial charge in [0.25, 0.3) is 5.91 Å². The molecule has 1 rings (SSSR count). The van der Waals surface area contributed by atoms with Gasteiger partial charge in [-0.2, -0.15) is 0 Å². The molecule has 0 saturated carbocycles. The summed E-state index contributed by atoms with van der Waals surface area (Å²) >= 11 is 11.9. The second kappa shape index (κ2) is 6.32. The second-order valence-corrected chi connectivity index (χ2v) is 5.08. The third-order valence-electron chi connectivity index (χ3n) is 2.29. The Morgan fingerprint density at radius 2 is 1.89 bits per heavy atom. The van der Waals surface area contributed by atoms with Gasteiger partial charge in [0.15, 0.2) is 5.60 Å². The van der Waals surface area contributed by atoms with Crippen molar-refractivity contribution in [3.63, 3.8) is 0 Å². The van der Waals surface area contributed by atoms with Crippen LogP contribution in [0.3, 0.4) is 0 Å². The summed E-state index contributed by atoms with van der Waals surface area (Å²) in [4.78, 5) is 11.2. The number of aliphatic hydroxyl groups is 1. The zero-order valence-corrected chi connectivity index (χ0v) is 12.1. The number of nitrogens with two attached hydrogens (primary N) is 1. The maximum Gasteiger partial charge on any atom is 0.261 e. The molecule has 0 aromatic heterocycles. The van der Waals surface area contributed by atoms with E-state index in [1.165, 1.54) is 26.0 Å². The van der Waals surface area contributed by atoms with Crippen molar-refractivity contribution >= 4 is 29.1 Å². The van der Waals surface area contributed by atoms with E-state index in [2.05, 4.69) is 0 Å². The number of carbonyl (C=O) groups is 1. The van der Waals surface area contributed by atoms with Gasteiger partial charge in [0, 0.05) is 6.07 Å². The summed E-state index contributed by atoms with van der Waals surface area (Å²) < 4.78 is 10.7. The lowest BCUT2D eigenvalue weighted by Crippen LogP contribution is -2.43. The molecule has 1 aromatic rings. The molecule has 7 heteroatoms. The molecule has 0 unspecified atom stereocenters. The average Bonchev–Trinajstić information content (AvgIpc) is 2.30. The third kappa shape index (κ3) is 4.16. The monoisotopic (exact) mass is 307 g/mol. The molecule has 106 valence electrons. The number of amides is 1. The fraction of sp³-hybridized carbons (Fsp3) is 0.417. The van der Waals surface area contributed by atoms with Gasteiger partial charge in [-0.05, 0) is 19.9 Å². The highest BCUT2D eigenvalue weighted by Gasteiger charge is 2.28. The Hall–Kier alpha value is -1.17. The van der Waals surface area contributed by atoms with E-state index in [1.807, 2.05) is 0 Å². The summed E-state index contributed by atoms with van der Waals surface area (Å²) in [6, 6.07) is 2.88. The van der Waals surface area contributed by atoms with Crippen LogP contribution in [0.5, 0.6) is 11.5 Å². The van der Waals surface area contributed by atoms with Gasteiger partial charge in [0.2, 0.25) is 0 Å². The van der Waals surface area contributed by atoms with E-state index in [0.717, 1.165) is 0 Å². The number of carbonyl (C=O) groups excluding carboxylic acids is 1. The van der Waals surface area contributed by atoms with Crippen molar-refractivity contribution in [1.82, 2.24) is 0 Å². The van der Waals surface area contributed by atoms with Crippen LogP contribution in [0.2, 0.25) is 10.0 Å². The smallest absolute Gasteiger partial charge is 0.261 e. The van der Waals surface area contributed by atoms with Crippen molar-refractivity contribution in [1.29, 1.82) is 0 Å². The fourth-order valence-electron chi connectivity index (χ4n) is 1.18. The van der Waals surface area contributed by atoms with Crippen LogP contribution in [0.15, 0.2) is 12.1 Å². The number of hydrogen-bond acceptors (Lipinski definition) is 4. The SMILES string of the molecule is CC(C)(Oc1cc(OCCO)c(Cl)cc1Cl)C(N)=O. The molecule has 0 fully saturated rings. The van der Waals surface area contributed by atoms with Crippen LogP contribution in [-0.2, 0) is 4.79 Å². The third-order valence-corrected chi connectivity index (χ3v) is 2.88. The van der Waals surface area contributed by atoms with E-state index < -0.39 is 11.5 Å². The van der Waals surface area contributed by atoms with E-state index in [9.17, 15) is 4.79 Å². The molecule has 0 radical (unpaired) electrons. The number of hydrogen-bond donors (Lipinski definition) is 2. The van der Waals surface area contributed by atoms with Crippen LogP contribution < -0.4 is 15.2 Å². The quantitative estimate of drug-likeness (QED) is 0.842. The van der Waals surface area contributed by atoms with Gasteiger partial charge in [-0.3, -0.25) is 4.79 Å². The van der Waals surface area contributed by atoms with Gasteiger partial charge in [0.05, 0.1) is 16.7 Å². The average molecular weight is 308 g/mol. The highest BCUT2D eigenvalue weighted by molar-refractivity contribution is 6.36. The molecule has 1 amide bonds. The number of aliphatic hydroxyl groups excluding tert-OH is 1. The highest BCUT2D eigenvalue weighted by atomic mass is 35.5. The standard InChI is InChI=1S/C12H15Cl2NO4/c1-12(2,11(15)17)19-10-6-9(18-4-3-16)7(13)5-8(10)14/h5-6,16H,3-4H2,1-2H3,(H2,15,17). The molecular formula is C12H15Cl2NO4. The first-order valence-electron chi connectivity index (χ1n) is 5.49. The Bertz CT molecular complexity index is 477. The van der Waals surface area contributed by atoms with Crippen LogP contribution in [-0.4, -0.2) is 29.8 Å². The summed E-state index contributed by atoms with van der Waals surface area (Å²) in [6.07, 6.45) is 0. The predicted octanol–water partition coefficient (Wildman–Crippen LogP) is 2.01. The Morgan fingerprint density at radius 1 is 1.32 bits per heavy atom. The molecule has 0 heterocycles. The summed E-state index contributed by atoms with van der Waals surface area (Å²) in [5.41, 5.74) is 4.00. The van der Waals surface area contributed by atoms with Crippen LogP contribution in [0.4, 0.5) is 0 Å². The summed E-state index contributed by atoms with van der Waals surface area (Å²) in [6.45, 7) is 2.98. The Morgan fingerprint density at radius 3 is 2.42 bits per heavy atom. The number of halogens is 2. The number of rotatable bonds is 6. The van der Waals surface area contributed by atoms with Crippen molar-refractivity contribution in [2.45, 2.75) is 19.4 Å². The Labute approximate surface area is 121 Å². The molecule has 0 bridgehead atoms. The summed E-state index contributed by atoms with van der Waals surface area (Å²) in [5, 5.41) is 9.23. The number of benzene rings is 1. The van der Waals surface area contributed by atoms with Crippen LogP contribution >= 0.6 is 23.2 Å². The lowest BCUT2D eigenvalue weighted by Gasteiger charge is -2.24. The minimum Gasteiger partial charge on any atom is -0.489 e. The van der Waals surface area contributed by atoms with E-state index in [0.29, 0.717) is 5.75 Å². The van der Waals surface area contributed by atoms with Crippen LogP contribution in [0, 0.1) is 0 Å². The fourth-order valence-corrected chi connectivity index (χ4v) is 1.66. The first kappa shape index (κ1) is 15.9. The molecule has 5 nitrogen and oxygen atoms in total. The summed E-state index contributed by atoms with van der Waals surface area (Å²) in [5.74, 6) is -0.102. The van der Waals surface area contributed by atoms with Gasteiger partial charge in [-0.15, -0.1) is 0 Å². The zero-order valence-electron chi connectivity index (χ0n) is 10.6. The van der Waals surface area contributed by atoms with Crippen LogP contribution in [0.25, 0.3) is 0 Å². The highest BCUT2D eigenvalue weighted by Crippen LogP contribution is 2.37. The largest absolute Gasteiger partial charge is 0.489 e. The Kier molecular flexibility index (Phi) is 5.29. The second-order valence-electron chi connectivity index (χ2n) is 4.26. The maximum absolute atomic E-state index is 11.2. The molecule has 19 heavy (non-hydrogen) atoms. The zero-order chi connectivity index (χ0) is 14.6. The maximum atomic E-state index is 11.2. The number of primary amides is 1. The lowest BCUT2D eigenvalue weighted by atomic mass is 10.1. The topological polar surface area (TPSA) is 81.8 Å². The lowest BCUT2D eigenvalue weighted by molar-refractivity contribution is -0.130.